The monoisotopic (exact) mass is 501 g/mol. The topological polar surface area (TPSA) is 108 Å². The first-order chi connectivity index (χ1) is 17.3. The number of rotatable bonds is 0. The minimum Gasteiger partial charge on any atom is -0.871 e. The van der Waals surface area contributed by atoms with E-state index in [0.717, 1.165) is 32.8 Å². The minimum absolute atomic E-state index is 0. The van der Waals surface area contributed by atoms with E-state index in [2.05, 4.69) is 15.0 Å². The molecule has 0 saturated heterocycles. The second-order valence-electron chi connectivity index (χ2n) is 8.52. The van der Waals surface area contributed by atoms with Crippen LogP contribution in [0.4, 0.5) is 0 Å². The van der Waals surface area contributed by atoms with Gasteiger partial charge in [0.2, 0.25) is 0 Å². The predicted molar refractivity (Wildman–Crippen MR) is 144 cm³/mol. The van der Waals surface area contributed by atoms with Crippen molar-refractivity contribution in [3.05, 3.63) is 108 Å². The van der Waals surface area contributed by atoms with Crippen LogP contribution >= 0.6 is 0 Å². The zero-order valence-electron chi connectivity index (χ0n) is 20.8. The Morgan fingerprint density at radius 1 is 0.459 bits per heavy atom. The molecule has 0 amide bonds. The molecule has 180 valence electrons. The smallest absolute Gasteiger partial charge is 0.871 e. The molecule has 0 fully saturated rings. The Morgan fingerprint density at radius 3 is 1.00 bits per heavy atom. The third kappa shape index (κ3) is 6.74. The van der Waals surface area contributed by atoms with Gasteiger partial charge in [-0.1, -0.05) is 71.8 Å². The van der Waals surface area contributed by atoms with Crippen molar-refractivity contribution in [2.24, 2.45) is 0 Å². The van der Waals surface area contributed by atoms with Crippen LogP contribution in [0.25, 0.3) is 32.7 Å². The summed E-state index contributed by atoms with van der Waals surface area (Å²) < 4.78 is 0. The van der Waals surface area contributed by atoms with Gasteiger partial charge >= 0.3 is 17.4 Å². The summed E-state index contributed by atoms with van der Waals surface area (Å²) >= 11 is 0. The van der Waals surface area contributed by atoms with Crippen LogP contribution in [-0.4, -0.2) is 32.3 Å². The molecule has 3 aromatic carbocycles. The van der Waals surface area contributed by atoms with Crippen LogP contribution in [0.2, 0.25) is 0 Å². The zero-order chi connectivity index (χ0) is 25.7. The van der Waals surface area contributed by atoms with E-state index in [1.807, 2.05) is 57.2 Å². The fraction of sp³-hybridized carbons (Fsp3) is 0.100. The number of benzene rings is 3. The molecule has 3 aromatic heterocycles. The molecule has 0 N–H and O–H groups in total. The second-order valence-corrected chi connectivity index (χ2v) is 8.52. The van der Waals surface area contributed by atoms with Gasteiger partial charge in [-0.2, -0.15) is 0 Å². The van der Waals surface area contributed by atoms with Crippen LogP contribution in [0.5, 0.6) is 17.2 Å². The second kappa shape index (κ2) is 12.2. The standard InChI is InChI=1S/3C10H9NO.Al/c3*1-7-5-8-3-2-4-9(12)10(8)11-6-7;/h3*2-6,12H,1H3;/q;;;+3/p-3. The molecule has 0 atom stereocenters. The van der Waals surface area contributed by atoms with E-state index in [1.165, 1.54) is 18.2 Å². The van der Waals surface area contributed by atoms with E-state index in [0.29, 0.717) is 16.6 Å². The van der Waals surface area contributed by atoms with E-state index in [1.54, 1.807) is 36.8 Å². The third-order valence-electron chi connectivity index (χ3n) is 5.43. The maximum atomic E-state index is 11.2. The fourth-order valence-electron chi connectivity index (χ4n) is 3.73. The van der Waals surface area contributed by atoms with Crippen molar-refractivity contribution in [1.82, 2.24) is 15.0 Å². The van der Waals surface area contributed by atoms with Gasteiger partial charge in [0.05, 0.1) is 16.6 Å². The number of nitrogens with zero attached hydrogens (tertiary/aromatic N) is 3. The molecular weight excluding hydrogens is 477 g/mol. The first-order valence-corrected chi connectivity index (χ1v) is 11.4. The first kappa shape index (κ1) is 27.4. The van der Waals surface area contributed by atoms with Gasteiger partial charge in [0.25, 0.3) is 0 Å². The molecule has 0 aliphatic rings. The molecule has 37 heavy (non-hydrogen) atoms. The van der Waals surface area contributed by atoms with Gasteiger partial charge in [0.1, 0.15) is 0 Å². The number of fused-ring (bicyclic) bond motifs is 3. The van der Waals surface area contributed by atoms with Crippen LogP contribution in [0.15, 0.2) is 91.4 Å². The van der Waals surface area contributed by atoms with Crippen molar-refractivity contribution < 1.29 is 15.3 Å². The molecule has 6 nitrogen and oxygen atoms in total. The Labute approximate surface area is 226 Å². The molecule has 0 aliphatic heterocycles. The van der Waals surface area contributed by atoms with Crippen molar-refractivity contribution in [2.75, 3.05) is 0 Å². The summed E-state index contributed by atoms with van der Waals surface area (Å²) in [6.45, 7) is 5.89. The van der Waals surface area contributed by atoms with E-state index < -0.39 is 0 Å². The summed E-state index contributed by atoms with van der Waals surface area (Å²) in [5.41, 5.74) is 4.91. The van der Waals surface area contributed by atoms with E-state index in [-0.39, 0.29) is 34.6 Å². The van der Waals surface area contributed by atoms with Crippen LogP contribution in [-0.2, 0) is 0 Å². The Hall–Kier alpha value is -4.18. The molecule has 0 saturated carbocycles. The summed E-state index contributed by atoms with van der Waals surface area (Å²) in [6.07, 6.45) is 5.14. The Balaban J connectivity index is 0.000000152. The summed E-state index contributed by atoms with van der Waals surface area (Å²) in [6, 6.07) is 21.4. The molecule has 0 unspecified atom stereocenters. The van der Waals surface area contributed by atoms with Crippen LogP contribution in [0.3, 0.4) is 0 Å². The van der Waals surface area contributed by atoms with Crippen molar-refractivity contribution >= 4 is 50.1 Å². The number of pyridine rings is 3. The number of aryl methyl sites for hydroxylation is 3. The van der Waals surface area contributed by atoms with Gasteiger partial charge in [-0.05, 0) is 71.8 Å². The summed E-state index contributed by atoms with van der Waals surface area (Å²) in [5.74, 6) is -0.0208. The maximum absolute atomic E-state index is 11.2. The quantitative estimate of drug-likeness (QED) is 0.284. The molecule has 6 rings (SSSR count). The Morgan fingerprint density at radius 2 is 0.730 bits per heavy atom. The average molecular weight is 502 g/mol. The van der Waals surface area contributed by atoms with Crippen LogP contribution in [0, 0.1) is 20.8 Å². The van der Waals surface area contributed by atoms with Gasteiger partial charge in [0.15, 0.2) is 0 Å². The van der Waals surface area contributed by atoms with Gasteiger partial charge < -0.3 is 15.3 Å². The predicted octanol–water partition coefficient (Wildman–Crippen LogP) is 4.47. The number of para-hydroxylation sites is 3. The van der Waals surface area contributed by atoms with Gasteiger partial charge in [-0.15, -0.1) is 0 Å². The minimum atomic E-state index is -0.00694. The van der Waals surface area contributed by atoms with E-state index in [4.69, 9.17) is 0 Å². The largest absolute Gasteiger partial charge is 3.00 e. The van der Waals surface area contributed by atoms with Crippen molar-refractivity contribution in [1.29, 1.82) is 0 Å². The van der Waals surface area contributed by atoms with Crippen LogP contribution < -0.4 is 15.3 Å². The SMILES string of the molecule is Cc1cnc2c([O-])cccc2c1.Cc1cnc2c([O-])cccc2c1.Cc1cnc2c([O-])cccc2c1.[Al+3]. The molecule has 0 aliphatic carbocycles. The van der Waals surface area contributed by atoms with E-state index >= 15 is 0 Å². The first-order valence-electron chi connectivity index (χ1n) is 11.4. The van der Waals surface area contributed by atoms with Crippen molar-refractivity contribution in [3.63, 3.8) is 0 Å². The number of hydrogen-bond donors (Lipinski definition) is 0. The van der Waals surface area contributed by atoms with Crippen molar-refractivity contribution in [2.45, 2.75) is 20.8 Å². The molecule has 7 heteroatoms. The molecule has 3 heterocycles. The molecule has 0 spiro atoms. The summed E-state index contributed by atoms with van der Waals surface area (Å²) in [5, 5.41) is 36.4. The molecule has 0 radical (unpaired) electrons. The molecule has 0 bridgehead atoms. The van der Waals surface area contributed by atoms with Crippen molar-refractivity contribution in [3.8, 4) is 17.2 Å². The Kier molecular flexibility index (Phi) is 9.02. The Bertz CT molecular complexity index is 1470. The number of aromatic nitrogens is 3. The van der Waals surface area contributed by atoms with Crippen LogP contribution in [0.1, 0.15) is 16.7 Å². The molecular formula is C30H24AlN3O3. The third-order valence-corrected chi connectivity index (χ3v) is 5.43. The van der Waals surface area contributed by atoms with Gasteiger partial charge in [-0.25, -0.2) is 0 Å². The molecule has 6 aromatic rings. The maximum Gasteiger partial charge on any atom is 3.00 e. The summed E-state index contributed by atoms with van der Waals surface area (Å²) in [4.78, 5) is 12.2. The fourth-order valence-corrected chi connectivity index (χ4v) is 3.73. The normalized spacial score (nSPS) is 10.1. The zero-order valence-corrected chi connectivity index (χ0v) is 22.0. The number of hydrogen-bond acceptors (Lipinski definition) is 6. The van der Waals surface area contributed by atoms with Gasteiger partial charge in [0, 0.05) is 18.6 Å². The summed E-state index contributed by atoms with van der Waals surface area (Å²) in [7, 11) is 0. The van der Waals surface area contributed by atoms with Gasteiger partial charge in [-0.3, -0.25) is 15.0 Å². The average Bonchev–Trinajstić information content (AvgIpc) is 2.85. The van der Waals surface area contributed by atoms with E-state index in [9.17, 15) is 15.3 Å².